The van der Waals surface area contributed by atoms with Gasteiger partial charge in [-0.1, -0.05) is 66.8 Å². The Morgan fingerprint density at radius 1 is 0.850 bits per heavy atom. The monoisotopic (exact) mass is 394 g/mol. The van der Waals surface area contributed by atoms with E-state index in [-0.39, 0.29) is 5.97 Å². The molecule has 0 N–H and O–H groups in total. The second-order valence-corrected chi connectivity index (χ2v) is 6.32. The zero-order valence-corrected chi connectivity index (χ0v) is 15.2. The molecule has 0 spiro atoms. The van der Waals surface area contributed by atoms with E-state index in [0.29, 0.717) is 6.42 Å². The fraction of sp³-hybridized carbons (Fsp3) is 0.824. The van der Waals surface area contributed by atoms with Gasteiger partial charge in [0, 0.05) is 6.42 Å². The predicted octanol–water partition coefficient (Wildman–Crippen LogP) is 5.83. The van der Waals surface area contributed by atoms with E-state index in [1.54, 1.807) is 0 Å². The van der Waals surface area contributed by atoms with E-state index in [0.717, 1.165) is 12.8 Å². The summed E-state index contributed by atoms with van der Waals surface area (Å²) in [4.78, 5) is 10.9. The van der Waals surface area contributed by atoms with Crippen LogP contribution in [0.3, 0.4) is 0 Å². The number of carbonyl (C=O) groups is 1. The van der Waals surface area contributed by atoms with Gasteiger partial charge in [-0.05, 0) is 43.0 Å². The first-order valence-corrected chi connectivity index (χ1v) is 9.61. The SMILES string of the molecule is COC(=O)CCCCCCCCC/C=C\CCCCI. The summed E-state index contributed by atoms with van der Waals surface area (Å²) in [7, 11) is 1.46. The lowest BCUT2D eigenvalue weighted by atomic mass is 10.1. The van der Waals surface area contributed by atoms with Gasteiger partial charge in [0.05, 0.1) is 7.11 Å². The third-order valence-electron chi connectivity index (χ3n) is 3.40. The van der Waals surface area contributed by atoms with Crippen molar-refractivity contribution in [2.24, 2.45) is 0 Å². The van der Waals surface area contributed by atoms with Crippen molar-refractivity contribution in [1.29, 1.82) is 0 Å². The molecule has 0 aliphatic carbocycles. The molecule has 0 aromatic heterocycles. The van der Waals surface area contributed by atoms with E-state index in [4.69, 9.17) is 0 Å². The number of ether oxygens (including phenoxy) is 1. The van der Waals surface area contributed by atoms with Crippen molar-refractivity contribution in [3.63, 3.8) is 0 Å². The fourth-order valence-corrected chi connectivity index (χ4v) is 2.65. The Balaban J connectivity index is 3.07. The maximum Gasteiger partial charge on any atom is 0.305 e. The van der Waals surface area contributed by atoms with Gasteiger partial charge >= 0.3 is 5.97 Å². The minimum atomic E-state index is -0.0738. The average Bonchev–Trinajstić information content (AvgIpc) is 2.47. The molecule has 0 fully saturated rings. The van der Waals surface area contributed by atoms with Gasteiger partial charge in [0.25, 0.3) is 0 Å². The molecule has 0 heterocycles. The van der Waals surface area contributed by atoms with Crippen LogP contribution in [0.25, 0.3) is 0 Å². The van der Waals surface area contributed by atoms with Crippen LogP contribution in [0.15, 0.2) is 12.2 Å². The van der Waals surface area contributed by atoms with Gasteiger partial charge in [0.2, 0.25) is 0 Å². The fourth-order valence-electron chi connectivity index (χ4n) is 2.11. The van der Waals surface area contributed by atoms with Crippen molar-refractivity contribution in [3.05, 3.63) is 12.2 Å². The van der Waals surface area contributed by atoms with Crippen molar-refractivity contribution < 1.29 is 9.53 Å². The molecule has 118 valence electrons. The van der Waals surface area contributed by atoms with Crippen LogP contribution in [-0.4, -0.2) is 17.5 Å². The first kappa shape index (κ1) is 19.9. The molecule has 0 aromatic rings. The largest absolute Gasteiger partial charge is 0.469 e. The van der Waals surface area contributed by atoms with E-state index in [1.807, 2.05) is 0 Å². The molecule has 0 radical (unpaired) electrons. The van der Waals surface area contributed by atoms with Crippen LogP contribution in [0.1, 0.15) is 77.0 Å². The summed E-state index contributed by atoms with van der Waals surface area (Å²) in [5, 5.41) is 0. The van der Waals surface area contributed by atoms with Crippen LogP contribution in [0.4, 0.5) is 0 Å². The van der Waals surface area contributed by atoms with Gasteiger partial charge in [0.15, 0.2) is 0 Å². The summed E-state index contributed by atoms with van der Waals surface area (Å²) in [5.41, 5.74) is 0. The number of halogens is 1. The zero-order chi connectivity index (χ0) is 14.9. The normalized spacial score (nSPS) is 11.1. The molecule has 0 unspecified atom stereocenters. The lowest BCUT2D eigenvalue weighted by Gasteiger charge is -2.01. The van der Waals surface area contributed by atoms with Crippen LogP contribution < -0.4 is 0 Å². The quantitative estimate of drug-likeness (QED) is 0.122. The number of carbonyl (C=O) groups excluding carboxylic acids is 1. The van der Waals surface area contributed by atoms with E-state index >= 15 is 0 Å². The van der Waals surface area contributed by atoms with Gasteiger partial charge in [-0.25, -0.2) is 0 Å². The summed E-state index contributed by atoms with van der Waals surface area (Å²) in [6.45, 7) is 0. The molecular weight excluding hydrogens is 363 g/mol. The summed E-state index contributed by atoms with van der Waals surface area (Å²) in [6.07, 6.45) is 19.2. The van der Waals surface area contributed by atoms with Crippen molar-refractivity contribution in [3.8, 4) is 0 Å². The van der Waals surface area contributed by atoms with Crippen LogP contribution in [0.2, 0.25) is 0 Å². The van der Waals surface area contributed by atoms with E-state index < -0.39 is 0 Å². The number of rotatable bonds is 14. The second kappa shape index (κ2) is 17.0. The molecule has 0 saturated heterocycles. The average molecular weight is 394 g/mol. The molecule has 0 aromatic carbocycles. The first-order chi connectivity index (χ1) is 9.81. The maximum atomic E-state index is 10.9. The summed E-state index contributed by atoms with van der Waals surface area (Å²) in [6, 6.07) is 0. The molecule has 0 atom stereocenters. The third-order valence-corrected chi connectivity index (χ3v) is 4.16. The Bertz CT molecular complexity index is 239. The van der Waals surface area contributed by atoms with Gasteiger partial charge in [-0.3, -0.25) is 4.79 Å². The van der Waals surface area contributed by atoms with Crippen molar-refractivity contribution in [2.45, 2.75) is 77.0 Å². The number of alkyl halides is 1. The van der Waals surface area contributed by atoms with Crippen molar-refractivity contribution in [2.75, 3.05) is 11.5 Å². The van der Waals surface area contributed by atoms with Gasteiger partial charge in [0.1, 0.15) is 0 Å². The minimum Gasteiger partial charge on any atom is -0.469 e. The van der Waals surface area contributed by atoms with Gasteiger partial charge in [-0.2, -0.15) is 0 Å². The Kier molecular flexibility index (Phi) is 16.9. The highest BCUT2D eigenvalue weighted by Crippen LogP contribution is 2.10. The Morgan fingerprint density at radius 3 is 1.90 bits per heavy atom. The van der Waals surface area contributed by atoms with E-state index in [2.05, 4.69) is 39.5 Å². The van der Waals surface area contributed by atoms with Crippen LogP contribution in [0.5, 0.6) is 0 Å². The molecule has 0 rings (SSSR count). The highest BCUT2D eigenvalue weighted by Gasteiger charge is 1.98. The summed E-state index contributed by atoms with van der Waals surface area (Å²) in [5.74, 6) is -0.0738. The second-order valence-electron chi connectivity index (χ2n) is 5.25. The number of hydrogen-bond donors (Lipinski definition) is 0. The molecule has 0 amide bonds. The number of hydrogen-bond acceptors (Lipinski definition) is 2. The number of esters is 1. The smallest absolute Gasteiger partial charge is 0.305 e. The van der Waals surface area contributed by atoms with Crippen LogP contribution in [0, 0.1) is 0 Å². The minimum absolute atomic E-state index is 0.0738. The number of allylic oxidation sites excluding steroid dienone is 2. The maximum absolute atomic E-state index is 10.9. The van der Waals surface area contributed by atoms with Crippen molar-refractivity contribution >= 4 is 28.6 Å². The van der Waals surface area contributed by atoms with E-state index in [1.165, 1.54) is 69.3 Å². The molecular formula is C17H31IO2. The molecule has 3 heteroatoms. The first-order valence-electron chi connectivity index (χ1n) is 8.09. The number of methoxy groups -OCH3 is 1. The summed E-state index contributed by atoms with van der Waals surface area (Å²) < 4.78 is 5.90. The van der Waals surface area contributed by atoms with Gasteiger partial charge < -0.3 is 4.74 Å². The molecule has 2 nitrogen and oxygen atoms in total. The molecule has 0 saturated carbocycles. The topological polar surface area (TPSA) is 26.3 Å². The lowest BCUT2D eigenvalue weighted by molar-refractivity contribution is -0.140. The summed E-state index contributed by atoms with van der Waals surface area (Å²) >= 11 is 2.44. The molecule has 0 bridgehead atoms. The standard InChI is InChI=1S/C17H31IO2/c1-20-17(19)15-13-11-9-7-5-3-2-4-6-8-10-12-14-16-18/h6,8H,2-5,7,9-16H2,1H3/b8-6-. The van der Waals surface area contributed by atoms with Crippen molar-refractivity contribution in [1.82, 2.24) is 0 Å². The molecule has 0 aliphatic rings. The Labute approximate surface area is 138 Å². The van der Waals surface area contributed by atoms with Crippen LogP contribution in [-0.2, 0) is 9.53 Å². The Hall–Kier alpha value is -0.0600. The zero-order valence-electron chi connectivity index (χ0n) is 13.0. The predicted molar refractivity (Wildman–Crippen MR) is 95.4 cm³/mol. The Morgan fingerprint density at radius 2 is 1.35 bits per heavy atom. The molecule has 0 aliphatic heterocycles. The number of unbranched alkanes of at least 4 members (excludes halogenated alkanes) is 9. The molecule has 20 heavy (non-hydrogen) atoms. The highest BCUT2D eigenvalue weighted by atomic mass is 127. The van der Waals surface area contributed by atoms with Gasteiger partial charge in [-0.15, -0.1) is 0 Å². The third kappa shape index (κ3) is 16.0. The highest BCUT2D eigenvalue weighted by molar-refractivity contribution is 14.1. The van der Waals surface area contributed by atoms with Crippen LogP contribution >= 0.6 is 22.6 Å². The lowest BCUT2D eigenvalue weighted by Crippen LogP contribution is -1.99. The van der Waals surface area contributed by atoms with E-state index in [9.17, 15) is 4.79 Å².